The first kappa shape index (κ1) is 17.4. The maximum Gasteiger partial charge on any atom is 0.251 e. The predicted octanol–water partition coefficient (Wildman–Crippen LogP) is 1.40. The molecular weight excluding hydrogens is 270 g/mol. The van der Waals surface area contributed by atoms with Gasteiger partial charge in [0.1, 0.15) is 5.82 Å². The first-order chi connectivity index (χ1) is 10.2. The first-order valence-electron chi connectivity index (χ1n) is 7.28. The molecule has 0 aliphatic heterocycles. The van der Waals surface area contributed by atoms with Crippen LogP contribution in [-0.4, -0.2) is 44.4 Å². The van der Waals surface area contributed by atoms with E-state index >= 15 is 0 Å². The molecule has 1 aromatic heterocycles. The maximum atomic E-state index is 12.0. The minimum absolute atomic E-state index is 0.127. The molecule has 3 N–H and O–H groups in total. The lowest BCUT2D eigenvalue weighted by atomic mass is 10.1. The number of aryl methyl sites for hydroxylation is 1. The summed E-state index contributed by atoms with van der Waals surface area (Å²) in [5.74, 6) is 0.257. The van der Waals surface area contributed by atoms with Crippen molar-refractivity contribution in [2.45, 2.75) is 26.2 Å². The Balaban J connectivity index is 2.34. The molecule has 0 aliphatic carbocycles. The molecule has 0 aromatic carbocycles. The number of nitrogens with one attached hydrogen (secondary N) is 1. The third-order valence-corrected chi connectivity index (χ3v) is 2.85. The molecule has 0 radical (unpaired) electrons. The molecule has 0 aliphatic rings. The molecule has 1 aromatic rings. The Labute approximate surface area is 126 Å². The largest absolute Gasteiger partial charge is 0.384 e. The monoisotopic (exact) mass is 295 g/mol. The van der Waals surface area contributed by atoms with Gasteiger partial charge < -0.3 is 20.5 Å². The lowest BCUT2D eigenvalue weighted by Crippen LogP contribution is -2.25. The summed E-state index contributed by atoms with van der Waals surface area (Å²) in [6.45, 7) is 4.39. The predicted molar refractivity (Wildman–Crippen MR) is 82.3 cm³/mol. The number of hydrogen-bond donors (Lipinski definition) is 2. The van der Waals surface area contributed by atoms with Gasteiger partial charge in [0.15, 0.2) is 0 Å². The fraction of sp³-hybridized carbons (Fsp3) is 0.600. The van der Waals surface area contributed by atoms with Crippen molar-refractivity contribution < 1.29 is 14.3 Å². The molecule has 1 amide bonds. The number of carbonyl (C=O) groups excluding carboxylic acids is 1. The summed E-state index contributed by atoms with van der Waals surface area (Å²) in [6, 6.07) is 3.40. The van der Waals surface area contributed by atoms with E-state index in [9.17, 15) is 4.79 Å². The van der Waals surface area contributed by atoms with Crippen LogP contribution < -0.4 is 11.1 Å². The number of pyridine rings is 1. The number of carbonyl (C=O) groups is 1. The smallest absolute Gasteiger partial charge is 0.251 e. The van der Waals surface area contributed by atoms with Crippen LogP contribution in [0.1, 0.15) is 35.8 Å². The number of amides is 1. The van der Waals surface area contributed by atoms with Gasteiger partial charge in [0, 0.05) is 31.5 Å². The Morgan fingerprint density at radius 3 is 2.86 bits per heavy atom. The zero-order valence-corrected chi connectivity index (χ0v) is 12.9. The van der Waals surface area contributed by atoms with E-state index in [2.05, 4.69) is 17.2 Å². The highest BCUT2D eigenvalue weighted by Gasteiger charge is 2.08. The number of methoxy groups -OCH3 is 1. The summed E-state index contributed by atoms with van der Waals surface area (Å²) in [5.41, 5.74) is 7.14. The number of nitrogens with two attached hydrogens (primary N) is 1. The number of aromatic nitrogens is 1. The quantitative estimate of drug-likeness (QED) is 0.637. The van der Waals surface area contributed by atoms with E-state index in [-0.39, 0.29) is 5.91 Å². The van der Waals surface area contributed by atoms with Crippen molar-refractivity contribution in [1.29, 1.82) is 0 Å². The highest BCUT2D eigenvalue weighted by molar-refractivity contribution is 5.94. The zero-order chi connectivity index (χ0) is 15.5. The van der Waals surface area contributed by atoms with Crippen molar-refractivity contribution in [3.05, 3.63) is 23.4 Å². The van der Waals surface area contributed by atoms with Gasteiger partial charge in [0.25, 0.3) is 5.91 Å². The average Bonchev–Trinajstić information content (AvgIpc) is 2.46. The molecule has 0 atom stereocenters. The van der Waals surface area contributed by atoms with Crippen molar-refractivity contribution in [3.63, 3.8) is 0 Å². The van der Waals surface area contributed by atoms with Gasteiger partial charge in [-0.1, -0.05) is 13.3 Å². The molecule has 21 heavy (non-hydrogen) atoms. The van der Waals surface area contributed by atoms with Crippen LogP contribution in [0.4, 0.5) is 5.82 Å². The molecule has 0 bridgehead atoms. The van der Waals surface area contributed by atoms with Gasteiger partial charge >= 0.3 is 0 Å². The van der Waals surface area contributed by atoms with Crippen molar-refractivity contribution in [2.75, 3.05) is 39.2 Å². The molecule has 0 saturated carbocycles. The third kappa shape index (κ3) is 7.06. The van der Waals surface area contributed by atoms with Crippen molar-refractivity contribution in [3.8, 4) is 0 Å². The third-order valence-electron chi connectivity index (χ3n) is 2.85. The number of rotatable bonds is 10. The fourth-order valence-electron chi connectivity index (χ4n) is 1.85. The van der Waals surface area contributed by atoms with E-state index in [1.165, 1.54) is 0 Å². The van der Waals surface area contributed by atoms with E-state index in [1.54, 1.807) is 19.2 Å². The standard InChI is InChI=1S/C15H25N3O3/c1-3-5-13-10-12(11-14(16)18-13)15(19)17-6-4-7-21-9-8-20-2/h10-11H,3-9H2,1-2H3,(H2,16,18)(H,17,19). The van der Waals surface area contributed by atoms with Gasteiger partial charge in [-0.3, -0.25) is 4.79 Å². The molecule has 118 valence electrons. The molecule has 1 rings (SSSR count). The molecule has 0 spiro atoms. The Bertz CT molecular complexity index is 438. The second-order valence-electron chi connectivity index (χ2n) is 4.74. The summed E-state index contributed by atoms with van der Waals surface area (Å²) in [6.07, 6.45) is 2.55. The molecular formula is C15H25N3O3. The molecule has 0 saturated heterocycles. The lowest BCUT2D eigenvalue weighted by molar-refractivity contribution is 0.0688. The van der Waals surface area contributed by atoms with Gasteiger partial charge in [-0.15, -0.1) is 0 Å². The van der Waals surface area contributed by atoms with Crippen LogP contribution >= 0.6 is 0 Å². The van der Waals surface area contributed by atoms with E-state index in [0.717, 1.165) is 25.0 Å². The van der Waals surface area contributed by atoms with Crippen LogP contribution in [0.25, 0.3) is 0 Å². The molecule has 0 unspecified atom stereocenters. The van der Waals surface area contributed by atoms with E-state index < -0.39 is 0 Å². The van der Waals surface area contributed by atoms with Gasteiger partial charge in [-0.05, 0) is 25.0 Å². The van der Waals surface area contributed by atoms with Crippen molar-refractivity contribution >= 4 is 11.7 Å². The Morgan fingerprint density at radius 2 is 2.14 bits per heavy atom. The number of hydrogen-bond acceptors (Lipinski definition) is 5. The van der Waals surface area contributed by atoms with Crippen molar-refractivity contribution in [2.24, 2.45) is 0 Å². The highest BCUT2D eigenvalue weighted by Crippen LogP contribution is 2.09. The van der Waals surface area contributed by atoms with E-state index in [1.807, 2.05) is 0 Å². The van der Waals surface area contributed by atoms with Gasteiger partial charge in [-0.2, -0.15) is 0 Å². The highest BCUT2D eigenvalue weighted by atomic mass is 16.5. The van der Waals surface area contributed by atoms with Crippen LogP contribution in [0.3, 0.4) is 0 Å². The molecule has 0 fully saturated rings. The van der Waals surface area contributed by atoms with E-state index in [4.69, 9.17) is 15.2 Å². The summed E-state index contributed by atoms with van der Waals surface area (Å²) in [7, 11) is 1.64. The number of nitrogen functional groups attached to an aromatic ring is 1. The second kappa shape index (κ2) is 10.1. The normalized spacial score (nSPS) is 10.6. The van der Waals surface area contributed by atoms with Gasteiger partial charge in [-0.25, -0.2) is 4.98 Å². The van der Waals surface area contributed by atoms with Gasteiger partial charge in [0.05, 0.1) is 13.2 Å². The Morgan fingerprint density at radius 1 is 1.33 bits per heavy atom. The zero-order valence-electron chi connectivity index (χ0n) is 12.9. The second-order valence-corrected chi connectivity index (χ2v) is 4.74. The fourth-order valence-corrected chi connectivity index (χ4v) is 1.85. The summed E-state index contributed by atoms with van der Waals surface area (Å²) in [5, 5.41) is 2.85. The maximum absolute atomic E-state index is 12.0. The van der Waals surface area contributed by atoms with Crippen LogP contribution in [0.5, 0.6) is 0 Å². The van der Waals surface area contributed by atoms with Crippen LogP contribution in [0, 0.1) is 0 Å². The Kier molecular flexibility index (Phi) is 8.38. The molecule has 6 nitrogen and oxygen atoms in total. The number of nitrogens with zero attached hydrogens (tertiary/aromatic N) is 1. The lowest BCUT2D eigenvalue weighted by Gasteiger charge is -2.08. The number of ether oxygens (including phenoxy) is 2. The molecule has 1 heterocycles. The van der Waals surface area contributed by atoms with Crippen LogP contribution in [-0.2, 0) is 15.9 Å². The van der Waals surface area contributed by atoms with Gasteiger partial charge in [0.2, 0.25) is 0 Å². The summed E-state index contributed by atoms with van der Waals surface area (Å²) < 4.78 is 10.2. The summed E-state index contributed by atoms with van der Waals surface area (Å²) in [4.78, 5) is 16.2. The summed E-state index contributed by atoms with van der Waals surface area (Å²) >= 11 is 0. The molecule has 6 heteroatoms. The SMILES string of the molecule is CCCc1cc(C(=O)NCCCOCCOC)cc(N)n1. The first-order valence-corrected chi connectivity index (χ1v) is 7.28. The van der Waals surface area contributed by atoms with Crippen molar-refractivity contribution in [1.82, 2.24) is 10.3 Å². The minimum Gasteiger partial charge on any atom is -0.384 e. The van der Waals surface area contributed by atoms with E-state index in [0.29, 0.717) is 37.7 Å². The average molecular weight is 295 g/mol. The van der Waals surface area contributed by atoms with Crippen LogP contribution in [0.2, 0.25) is 0 Å². The Hall–Kier alpha value is -1.66. The number of anilines is 1. The van der Waals surface area contributed by atoms with Crippen LogP contribution in [0.15, 0.2) is 12.1 Å². The minimum atomic E-state index is -0.127. The topological polar surface area (TPSA) is 86.5 Å².